The second-order valence-electron chi connectivity index (χ2n) is 6.21. The van der Waals surface area contributed by atoms with Gasteiger partial charge < -0.3 is 15.0 Å². The van der Waals surface area contributed by atoms with Crippen LogP contribution in [0.4, 0.5) is 0 Å². The predicted molar refractivity (Wildman–Crippen MR) is 91.6 cm³/mol. The Kier molecular flexibility index (Phi) is 4.35. The number of sulfone groups is 1. The van der Waals surface area contributed by atoms with Crippen molar-refractivity contribution in [1.82, 2.24) is 9.88 Å². The normalized spacial score (nSPS) is 19.9. The molecule has 1 saturated heterocycles. The number of rotatable bonds is 4. The maximum Gasteiger partial charge on any atom is 0.307 e. The fraction of sp³-hybridized carbons (Fsp3) is 0.533. The molecular formula is C15H20N2O4S2. The van der Waals surface area contributed by atoms with E-state index in [4.69, 9.17) is 0 Å². The van der Waals surface area contributed by atoms with Crippen LogP contribution < -0.4 is 10.2 Å². The molecule has 0 radical (unpaired) electrons. The first-order valence-electron chi connectivity index (χ1n) is 7.50. The highest BCUT2D eigenvalue weighted by Gasteiger charge is 2.34. The molecule has 1 aliphatic rings. The fourth-order valence-electron chi connectivity index (χ4n) is 2.82. The zero-order chi connectivity index (χ0) is 16.7. The second kappa shape index (κ2) is 6.01. The van der Waals surface area contributed by atoms with Crippen molar-refractivity contribution in [3.8, 4) is 0 Å². The number of hydrogen-bond acceptors (Lipinski definition) is 6. The van der Waals surface area contributed by atoms with Crippen molar-refractivity contribution >= 4 is 31.4 Å². The van der Waals surface area contributed by atoms with Gasteiger partial charge in [-0.3, -0.25) is 4.79 Å². The number of nitrogens with zero attached hydrogens (tertiary/aromatic N) is 1. The van der Waals surface area contributed by atoms with Gasteiger partial charge in [0.25, 0.3) is 0 Å². The highest BCUT2D eigenvalue weighted by molar-refractivity contribution is 7.91. The first-order chi connectivity index (χ1) is 10.8. The van der Waals surface area contributed by atoms with Crippen molar-refractivity contribution in [3.05, 3.63) is 33.4 Å². The van der Waals surface area contributed by atoms with E-state index in [2.05, 4.69) is 5.32 Å². The van der Waals surface area contributed by atoms with Crippen LogP contribution in [0.15, 0.2) is 23.0 Å². The summed E-state index contributed by atoms with van der Waals surface area (Å²) in [5.74, 6) is 0.101. The number of hydrogen-bond donors (Lipinski definition) is 2. The van der Waals surface area contributed by atoms with Crippen LogP contribution in [0.1, 0.15) is 18.4 Å². The molecule has 2 aromatic rings. The minimum atomic E-state index is -2.98. The molecule has 0 spiro atoms. The van der Waals surface area contributed by atoms with Crippen molar-refractivity contribution in [3.63, 3.8) is 0 Å². The number of thiazole rings is 1. The molecule has 8 heteroatoms. The van der Waals surface area contributed by atoms with Crippen molar-refractivity contribution < 1.29 is 13.5 Å². The summed E-state index contributed by atoms with van der Waals surface area (Å²) in [7, 11) is -1.22. The van der Waals surface area contributed by atoms with Gasteiger partial charge in [0.2, 0.25) is 0 Å². The van der Waals surface area contributed by atoms with E-state index in [1.165, 1.54) is 11.3 Å². The van der Waals surface area contributed by atoms with Gasteiger partial charge in [-0.1, -0.05) is 17.4 Å². The van der Waals surface area contributed by atoms with Gasteiger partial charge in [-0.25, -0.2) is 8.42 Å². The Labute approximate surface area is 138 Å². The second-order valence-corrected chi connectivity index (χ2v) is 9.51. The fourth-order valence-corrected chi connectivity index (χ4v) is 5.35. The highest BCUT2D eigenvalue weighted by atomic mass is 32.2. The Morgan fingerprint density at radius 2 is 2.04 bits per heavy atom. The standard InChI is InChI=1S/C15H20N2O4S2/c1-17-12-3-2-11(8-13(12)22-14(17)18)9-16-10-15(19)4-6-23(20,21)7-5-15/h2-3,8,16,19H,4-7,9-10H2,1H3. The van der Waals surface area contributed by atoms with E-state index in [0.29, 0.717) is 13.1 Å². The molecule has 126 valence electrons. The maximum atomic E-state index is 11.6. The lowest BCUT2D eigenvalue weighted by molar-refractivity contribution is 0.0303. The van der Waals surface area contributed by atoms with E-state index < -0.39 is 15.4 Å². The van der Waals surface area contributed by atoms with Crippen LogP contribution in [0.2, 0.25) is 0 Å². The minimum Gasteiger partial charge on any atom is -0.388 e. The van der Waals surface area contributed by atoms with E-state index >= 15 is 0 Å². The Hall–Kier alpha value is -1.22. The number of nitrogens with one attached hydrogen (secondary N) is 1. The smallest absolute Gasteiger partial charge is 0.307 e. The zero-order valence-electron chi connectivity index (χ0n) is 12.9. The van der Waals surface area contributed by atoms with Crippen LogP contribution in [-0.2, 0) is 23.4 Å². The van der Waals surface area contributed by atoms with Crippen molar-refractivity contribution in [2.45, 2.75) is 25.0 Å². The van der Waals surface area contributed by atoms with E-state index in [-0.39, 0.29) is 29.2 Å². The quantitative estimate of drug-likeness (QED) is 0.839. The van der Waals surface area contributed by atoms with Gasteiger partial charge in [0.05, 0.1) is 27.3 Å². The Morgan fingerprint density at radius 1 is 1.35 bits per heavy atom. The molecule has 0 saturated carbocycles. The third kappa shape index (κ3) is 3.65. The summed E-state index contributed by atoms with van der Waals surface area (Å²) < 4.78 is 25.4. The van der Waals surface area contributed by atoms with Gasteiger partial charge >= 0.3 is 4.87 Å². The third-order valence-electron chi connectivity index (χ3n) is 4.40. The van der Waals surface area contributed by atoms with Crippen molar-refractivity contribution in [2.75, 3.05) is 18.1 Å². The lowest BCUT2D eigenvalue weighted by Gasteiger charge is -2.32. The number of aliphatic hydroxyl groups is 1. The molecule has 0 bridgehead atoms. The lowest BCUT2D eigenvalue weighted by atomic mass is 9.97. The van der Waals surface area contributed by atoms with Gasteiger partial charge in [-0.15, -0.1) is 0 Å². The minimum absolute atomic E-state index is 0.0165. The van der Waals surface area contributed by atoms with Crippen molar-refractivity contribution in [1.29, 1.82) is 0 Å². The molecule has 1 aromatic heterocycles. The molecule has 1 aliphatic heterocycles. The summed E-state index contributed by atoms with van der Waals surface area (Å²) >= 11 is 1.22. The van der Waals surface area contributed by atoms with E-state index in [1.807, 2.05) is 18.2 Å². The average molecular weight is 356 g/mol. The summed E-state index contributed by atoms with van der Waals surface area (Å²) in [5, 5.41) is 13.6. The molecule has 3 rings (SSSR count). The molecule has 0 unspecified atom stereocenters. The first-order valence-corrected chi connectivity index (χ1v) is 10.1. The Morgan fingerprint density at radius 3 is 2.74 bits per heavy atom. The molecule has 23 heavy (non-hydrogen) atoms. The topological polar surface area (TPSA) is 88.4 Å². The molecule has 1 fully saturated rings. The molecule has 6 nitrogen and oxygen atoms in total. The van der Waals surface area contributed by atoms with Gasteiger partial charge in [0, 0.05) is 20.1 Å². The Bertz CT molecular complexity index is 869. The van der Waals surface area contributed by atoms with Crippen LogP contribution in [0, 0.1) is 0 Å². The van der Waals surface area contributed by atoms with E-state index in [0.717, 1.165) is 15.8 Å². The van der Waals surface area contributed by atoms with Crippen LogP contribution in [0.5, 0.6) is 0 Å². The molecule has 0 aliphatic carbocycles. The number of aryl methyl sites for hydroxylation is 1. The third-order valence-corrected chi connectivity index (χ3v) is 7.04. The molecule has 1 aromatic carbocycles. The van der Waals surface area contributed by atoms with Gasteiger partial charge in [-0.2, -0.15) is 0 Å². The van der Waals surface area contributed by atoms with Crippen LogP contribution in [-0.4, -0.2) is 41.7 Å². The highest BCUT2D eigenvalue weighted by Crippen LogP contribution is 2.23. The van der Waals surface area contributed by atoms with Gasteiger partial charge in [0.1, 0.15) is 0 Å². The molecule has 0 atom stereocenters. The summed E-state index contributed by atoms with van der Waals surface area (Å²) in [6.45, 7) is 0.937. The van der Waals surface area contributed by atoms with E-state index in [1.54, 1.807) is 11.6 Å². The molecule has 2 N–H and O–H groups in total. The monoisotopic (exact) mass is 356 g/mol. The SMILES string of the molecule is Cn1c(=O)sc2cc(CNCC3(O)CCS(=O)(=O)CC3)ccc21. The van der Waals surface area contributed by atoms with E-state index in [9.17, 15) is 18.3 Å². The summed E-state index contributed by atoms with van der Waals surface area (Å²) in [5.41, 5.74) is 0.999. The summed E-state index contributed by atoms with van der Waals surface area (Å²) in [6, 6.07) is 5.85. The molecule has 2 heterocycles. The van der Waals surface area contributed by atoms with Crippen molar-refractivity contribution in [2.24, 2.45) is 7.05 Å². The zero-order valence-corrected chi connectivity index (χ0v) is 14.5. The first kappa shape index (κ1) is 16.6. The Balaban J connectivity index is 1.62. The summed E-state index contributed by atoms with van der Waals surface area (Å²) in [4.78, 5) is 11.7. The van der Waals surface area contributed by atoms with Crippen LogP contribution in [0.3, 0.4) is 0 Å². The van der Waals surface area contributed by atoms with Crippen LogP contribution >= 0.6 is 11.3 Å². The molecular weight excluding hydrogens is 336 g/mol. The van der Waals surface area contributed by atoms with Gasteiger partial charge in [0.15, 0.2) is 9.84 Å². The summed E-state index contributed by atoms with van der Waals surface area (Å²) in [6.07, 6.45) is 0.559. The maximum absolute atomic E-state index is 11.6. The van der Waals surface area contributed by atoms with Crippen LogP contribution in [0.25, 0.3) is 10.2 Å². The number of aromatic nitrogens is 1. The average Bonchev–Trinajstić information content (AvgIpc) is 2.78. The lowest BCUT2D eigenvalue weighted by Crippen LogP contribution is -2.46. The number of fused-ring (bicyclic) bond motifs is 1. The predicted octanol–water partition coefficient (Wildman–Crippen LogP) is 0.629. The number of benzene rings is 1. The largest absolute Gasteiger partial charge is 0.388 e. The van der Waals surface area contributed by atoms with Gasteiger partial charge in [-0.05, 0) is 30.5 Å². The molecule has 0 amide bonds.